The summed E-state index contributed by atoms with van der Waals surface area (Å²) in [5, 5.41) is 8.08. The summed E-state index contributed by atoms with van der Waals surface area (Å²) in [6.07, 6.45) is 7.12. The summed E-state index contributed by atoms with van der Waals surface area (Å²) in [6, 6.07) is 22.5. The van der Waals surface area contributed by atoms with E-state index in [0.29, 0.717) is 5.92 Å². The highest BCUT2D eigenvalue weighted by atomic mass is 35.5. The van der Waals surface area contributed by atoms with E-state index < -0.39 is 0 Å². The zero-order chi connectivity index (χ0) is 18.9. The summed E-state index contributed by atoms with van der Waals surface area (Å²) in [5.74, 6) is 1.20. The van der Waals surface area contributed by atoms with Crippen LogP contribution in [0.2, 0.25) is 5.02 Å². The van der Waals surface area contributed by atoms with E-state index >= 15 is 0 Å². The van der Waals surface area contributed by atoms with Gasteiger partial charge in [-0.2, -0.15) is 5.10 Å². The van der Waals surface area contributed by atoms with Crippen LogP contribution in [0.15, 0.2) is 88.1 Å². The molecule has 0 spiro atoms. The highest BCUT2D eigenvalue weighted by Gasteiger charge is 2.42. The van der Waals surface area contributed by atoms with E-state index in [2.05, 4.69) is 47.5 Å². The number of para-hydroxylation sites is 1. The Balaban J connectivity index is 1.62. The third-order valence-electron chi connectivity index (χ3n) is 5.61. The fourth-order valence-electron chi connectivity index (χ4n) is 4.36. The van der Waals surface area contributed by atoms with Crippen LogP contribution in [0.1, 0.15) is 36.6 Å². The molecule has 1 aliphatic carbocycles. The van der Waals surface area contributed by atoms with E-state index in [1.807, 2.05) is 30.3 Å². The molecule has 2 atom stereocenters. The van der Waals surface area contributed by atoms with Gasteiger partial charge in [-0.3, -0.25) is 5.01 Å². The van der Waals surface area contributed by atoms with Crippen molar-refractivity contribution >= 4 is 29.1 Å². The molecule has 3 nitrogen and oxygen atoms in total. The van der Waals surface area contributed by atoms with Crippen LogP contribution in [-0.2, 0) is 0 Å². The van der Waals surface area contributed by atoms with Crippen LogP contribution in [-0.4, -0.2) is 5.71 Å². The van der Waals surface area contributed by atoms with Gasteiger partial charge < -0.3 is 4.42 Å². The van der Waals surface area contributed by atoms with Crippen LogP contribution in [0.3, 0.4) is 0 Å². The average molecular weight is 389 g/mol. The number of hydrazone groups is 1. The lowest BCUT2D eigenvalue weighted by atomic mass is 9.77. The summed E-state index contributed by atoms with van der Waals surface area (Å²) in [5.41, 5.74) is 4.65. The number of halogens is 1. The predicted molar refractivity (Wildman–Crippen MR) is 115 cm³/mol. The fourth-order valence-corrected chi connectivity index (χ4v) is 4.61. The van der Waals surface area contributed by atoms with E-state index in [4.69, 9.17) is 21.1 Å². The van der Waals surface area contributed by atoms with Crippen LogP contribution in [0.4, 0.5) is 5.69 Å². The maximum Gasteiger partial charge on any atom is 0.126 e. The molecule has 0 bridgehead atoms. The molecule has 2 heterocycles. The molecule has 0 amide bonds. The molecule has 0 saturated heterocycles. The molecule has 0 unspecified atom stereocenters. The molecule has 1 aliphatic heterocycles. The van der Waals surface area contributed by atoms with Crippen molar-refractivity contribution < 1.29 is 4.42 Å². The number of rotatable bonds is 3. The smallest absolute Gasteiger partial charge is 0.126 e. The minimum Gasteiger partial charge on any atom is -0.465 e. The van der Waals surface area contributed by atoms with Gasteiger partial charge in [-0.05, 0) is 66.8 Å². The number of nitrogens with zero attached hydrogens (tertiary/aromatic N) is 2. The molecule has 1 fully saturated rings. The van der Waals surface area contributed by atoms with Crippen molar-refractivity contribution in [3.63, 3.8) is 0 Å². The number of anilines is 1. The maximum atomic E-state index is 6.63. The zero-order valence-electron chi connectivity index (χ0n) is 15.5. The van der Waals surface area contributed by atoms with Gasteiger partial charge >= 0.3 is 0 Å². The SMILES string of the molecule is Clc1ccccc1[C@@H]1[C@@H]2CCC/C(=C\c3ccco3)C2=NN1c1ccccc1. The monoisotopic (exact) mass is 388 g/mol. The standard InChI is InChI=1S/C24H21ClN2O/c25-22-14-5-4-12-20(22)24-21-13-6-8-17(16-19-11-7-15-28-19)23(21)26-27(24)18-9-2-1-3-10-18/h1-5,7,9-12,14-16,21,24H,6,8,13H2/b17-16+/t21-,24-/m1/s1. The summed E-state index contributed by atoms with van der Waals surface area (Å²) >= 11 is 6.63. The van der Waals surface area contributed by atoms with Gasteiger partial charge in [-0.25, -0.2) is 0 Å². The van der Waals surface area contributed by atoms with Crippen molar-refractivity contribution in [1.29, 1.82) is 0 Å². The lowest BCUT2D eigenvalue weighted by Crippen LogP contribution is -2.28. The van der Waals surface area contributed by atoms with E-state index in [0.717, 1.165) is 47.0 Å². The van der Waals surface area contributed by atoms with Gasteiger partial charge in [0, 0.05) is 10.9 Å². The van der Waals surface area contributed by atoms with E-state index in [1.165, 1.54) is 5.57 Å². The Morgan fingerprint density at radius 1 is 1.00 bits per heavy atom. The first kappa shape index (κ1) is 17.3. The van der Waals surface area contributed by atoms with Gasteiger partial charge in [0.1, 0.15) is 5.76 Å². The Kier molecular flexibility index (Phi) is 4.53. The average Bonchev–Trinajstić information content (AvgIpc) is 3.37. The quantitative estimate of drug-likeness (QED) is 0.497. The molecule has 1 aromatic heterocycles. The molecule has 0 radical (unpaired) electrons. The van der Waals surface area contributed by atoms with Crippen molar-refractivity contribution in [2.75, 3.05) is 5.01 Å². The van der Waals surface area contributed by atoms with Crippen LogP contribution in [0.25, 0.3) is 6.08 Å². The van der Waals surface area contributed by atoms with E-state index in [1.54, 1.807) is 6.26 Å². The van der Waals surface area contributed by atoms with Gasteiger partial charge in [-0.15, -0.1) is 0 Å². The highest BCUT2D eigenvalue weighted by molar-refractivity contribution is 6.31. The second kappa shape index (κ2) is 7.33. The minimum atomic E-state index is 0.103. The van der Waals surface area contributed by atoms with Crippen molar-refractivity contribution in [2.45, 2.75) is 25.3 Å². The molecule has 140 valence electrons. The Bertz CT molecular complexity index is 1020. The first-order valence-electron chi connectivity index (χ1n) is 9.73. The highest BCUT2D eigenvalue weighted by Crippen LogP contribution is 2.47. The van der Waals surface area contributed by atoms with Crippen LogP contribution in [0, 0.1) is 5.92 Å². The maximum absolute atomic E-state index is 6.63. The zero-order valence-corrected chi connectivity index (χ0v) is 16.2. The third kappa shape index (κ3) is 3.06. The molecular weight excluding hydrogens is 368 g/mol. The number of hydrogen-bond donors (Lipinski definition) is 0. The predicted octanol–water partition coefficient (Wildman–Crippen LogP) is 6.73. The number of hydrogen-bond acceptors (Lipinski definition) is 3. The minimum absolute atomic E-state index is 0.103. The Hall–Kier alpha value is -2.78. The molecule has 4 heteroatoms. The first-order chi connectivity index (χ1) is 13.8. The second-order valence-corrected chi connectivity index (χ2v) is 7.72. The Morgan fingerprint density at radius 3 is 2.61 bits per heavy atom. The van der Waals surface area contributed by atoms with Crippen LogP contribution < -0.4 is 5.01 Å². The Labute approximate surface area is 169 Å². The molecule has 2 aliphatic rings. The molecule has 5 rings (SSSR count). The fraction of sp³-hybridized carbons (Fsp3) is 0.208. The van der Waals surface area contributed by atoms with Crippen LogP contribution in [0.5, 0.6) is 0 Å². The molecule has 2 aromatic carbocycles. The van der Waals surface area contributed by atoms with E-state index in [9.17, 15) is 0 Å². The van der Waals surface area contributed by atoms with Crippen molar-refractivity contribution in [3.05, 3.63) is 94.9 Å². The Morgan fingerprint density at radius 2 is 1.82 bits per heavy atom. The number of furan rings is 1. The summed E-state index contributed by atoms with van der Waals surface area (Å²) < 4.78 is 5.56. The number of allylic oxidation sites excluding steroid dienone is 1. The molecule has 28 heavy (non-hydrogen) atoms. The lowest BCUT2D eigenvalue weighted by Gasteiger charge is -2.31. The first-order valence-corrected chi connectivity index (χ1v) is 10.1. The van der Waals surface area contributed by atoms with Gasteiger partial charge in [0.15, 0.2) is 0 Å². The summed E-state index contributed by atoms with van der Waals surface area (Å²) in [6.45, 7) is 0. The van der Waals surface area contributed by atoms with Crippen molar-refractivity contribution in [3.8, 4) is 0 Å². The van der Waals surface area contributed by atoms with Crippen LogP contribution >= 0.6 is 11.6 Å². The summed E-state index contributed by atoms with van der Waals surface area (Å²) in [4.78, 5) is 0. The van der Waals surface area contributed by atoms with Crippen molar-refractivity contribution in [2.24, 2.45) is 11.0 Å². The number of fused-ring (bicyclic) bond motifs is 1. The lowest BCUT2D eigenvalue weighted by molar-refractivity contribution is 0.487. The summed E-state index contributed by atoms with van der Waals surface area (Å²) in [7, 11) is 0. The molecule has 0 N–H and O–H groups in total. The van der Waals surface area contributed by atoms with Gasteiger partial charge in [0.25, 0.3) is 0 Å². The van der Waals surface area contributed by atoms with Gasteiger partial charge in [0.05, 0.1) is 23.7 Å². The van der Waals surface area contributed by atoms with E-state index in [-0.39, 0.29) is 6.04 Å². The third-order valence-corrected chi connectivity index (χ3v) is 5.95. The van der Waals surface area contributed by atoms with Crippen molar-refractivity contribution in [1.82, 2.24) is 0 Å². The topological polar surface area (TPSA) is 28.7 Å². The van der Waals surface area contributed by atoms with Gasteiger partial charge in [-0.1, -0.05) is 48.0 Å². The molecule has 3 aromatic rings. The molecular formula is C24H21ClN2O. The second-order valence-electron chi connectivity index (χ2n) is 7.32. The molecule has 1 saturated carbocycles. The largest absolute Gasteiger partial charge is 0.465 e. The van der Waals surface area contributed by atoms with Gasteiger partial charge in [0.2, 0.25) is 0 Å². The number of benzene rings is 2. The normalized spacial score (nSPS) is 23.0.